The molecule has 5 rings (SSSR count). The Bertz CT molecular complexity index is 1060. The van der Waals surface area contributed by atoms with E-state index in [9.17, 15) is 4.79 Å². The molecule has 1 fully saturated rings. The molecule has 2 heterocycles. The Morgan fingerprint density at radius 1 is 1.20 bits per heavy atom. The van der Waals surface area contributed by atoms with Gasteiger partial charge in [0.2, 0.25) is 5.91 Å². The number of anilines is 1. The van der Waals surface area contributed by atoms with Crippen molar-refractivity contribution in [3.8, 4) is 11.5 Å². The third-order valence-corrected chi connectivity index (χ3v) is 7.11. The van der Waals surface area contributed by atoms with E-state index in [1.807, 2.05) is 48.3 Å². The van der Waals surface area contributed by atoms with E-state index in [0.29, 0.717) is 5.75 Å². The van der Waals surface area contributed by atoms with Crippen LogP contribution in [0.15, 0.2) is 42.5 Å². The van der Waals surface area contributed by atoms with Crippen molar-refractivity contribution >= 4 is 33.1 Å². The van der Waals surface area contributed by atoms with Crippen LogP contribution in [0.25, 0.3) is 10.2 Å². The number of nitrogens with zero attached hydrogens (tertiary/aromatic N) is 2. The van der Waals surface area contributed by atoms with Crippen molar-refractivity contribution in [2.24, 2.45) is 0 Å². The first kappa shape index (κ1) is 19.3. The smallest absolute Gasteiger partial charge is 0.251 e. The first-order valence-corrected chi connectivity index (χ1v) is 11.2. The minimum Gasteiger partial charge on any atom is -0.448 e. The molecule has 1 saturated carbocycles. The van der Waals surface area contributed by atoms with E-state index < -0.39 is 5.79 Å². The predicted molar refractivity (Wildman–Crippen MR) is 118 cm³/mol. The van der Waals surface area contributed by atoms with Crippen molar-refractivity contribution in [3.05, 3.63) is 47.5 Å². The Hall–Kier alpha value is -2.64. The second-order valence-electron chi connectivity index (χ2n) is 8.14. The molecule has 1 unspecified atom stereocenters. The predicted octanol–water partition coefficient (Wildman–Crippen LogP) is 4.97. The standard InChI is InChI=1S/C23H25N3O3S/c1-15(22-25-17-7-3-4-8-20(17)30-22)26(2)14-21(27)24-16-9-10-18-19(13-16)29-23(28-18)11-5-6-12-23/h3-4,7-10,13,15H,5-6,11-12,14H2,1-2H3,(H,24,27). The van der Waals surface area contributed by atoms with E-state index in [1.54, 1.807) is 11.3 Å². The number of para-hydroxylation sites is 1. The first-order chi connectivity index (χ1) is 14.5. The van der Waals surface area contributed by atoms with E-state index in [1.165, 1.54) is 0 Å². The highest BCUT2D eigenvalue weighted by molar-refractivity contribution is 7.18. The molecule has 1 spiro atoms. The van der Waals surface area contributed by atoms with Crippen molar-refractivity contribution < 1.29 is 14.3 Å². The lowest BCUT2D eigenvalue weighted by atomic mass is 10.2. The van der Waals surface area contributed by atoms with Crippen LogP contribution in [-0.4, -0.2) is 35.2 Å². The molecule has 1 amide bonds. The molecule has 6 nitrogen and oxygen atoms in total. The number of hydrogen-bond donors (Lipinski definition) is 1. The van der Waals surface area contributed by atoms with Crippen LogP contribution in [0.2, 0.25) is 0 Å². The molecule has 0 bridgehead atoms. The lowest BCUT2D eigenvalue weighted by molar-refractivity contribution is -0.117. The van der Waals surface area contributed by atoms with Crippen LogP contribution in [0.3, 0.4) is 0 Å². The van der Waals surface area contributed by atoms with Gasteiger partial charge < -0.3 is 14.8 Å². The summed E-state index contributed by atoms with van der Waals surface area (Å²) in [5, 5.41) is 3.99. The normalized spacial score (nSPS) is 17.7. The molecule has 1 N–H and O–H groups in total. The number of ether oxygens (including phenoxy) is 2. The zero-order valence-corrected chi connectivity index (χ0v) is 18.0. The van der Waals surface area contributed by atoms with Gasteiger partial charge in [-0.3, -0.25) is 9.69 Å². The number of amides is 1. The van der Waals surface area contributed by atoms with Crippen LogP contribution in [-0.2, 0) is 4.79 Å². The second kappa shape index (κ2) is 7.56. The number of rotatable bonds is 5. The fourth-order valence-electron chi connectivity index (χ4n) is 4.11. The van der Waals surface area contributed by atoms with E-state index in [0.717, 1.165) is 52.3 Å². The monoisotopic (exact) mass is 423 g/mol. The van der Waals surface area contributed by atoms with Crippen molar-refractivity contribution in [3.63, 3.8) is 0 Å². The molecule has 1 aromatic heterocycles. The van der Waals surface area contributed by atoms with Gasteiger partial charge in [0.05, 0.1) is 22.8 Å². The van der Waals surface area contributed by atoms with E-state index in [-0.39, 0.29) is 18.5 Å². The summed E-state index contributed by atoms with van der Waals surface area (Å²) in [6, 6.07) is 13.8. The maximum absolute atomic E-state index is 12.6. The largest absolute Gasteiger partial charge is 0.448 e. The summed E-state index contributed by atoms with van der Waals surface area (Å²) >= 11 is 1.67. The average molecular weight is 424 g/mol. The SMILES string of the molecule is CC(c1nc2ccccc2s1)N(C)CC(=O)Nc1ccc2c(c1)OC1(CCCC1)O2. The lowest BCUT2D eigenvalue weighted by Gasteiger charge is -2.22. The average Bonchev–Trinajstić information content (AvgIpc) is 3.44. The van der Waals surface area contributed by atoms with Gasteiger partial charge in [0.15, 0.2) is 11.5 Å². The van der Waals surface area contributed by atoms with Gasteiger partial charge in [0.1, 0.15) is 5.01 Å². The Morgan fingerprint density at radius 3 is 2.77 bits per heavy atom. The molecule has 2 aromatic carbocycles. The van der Waals surface area contributed by atoms with Gasteiger partial charge >= 0.3 is 0 Å². The van der Waals surface area contributed by atoms with Gasteiger partial charge in [-0.15, -0.1) is 11.3 Å². The third kappa shape index (κ3) is 3.63. The molecule has 1 aliphatic carbocycles. The summed E-state index contributed by atoms with van der Waals surface area (Å²) < 4.78 is 13.3. The highest BCUT2D eigenvalue weighted by Crippen LogP contribution is 2.47. The van der Waals surface area contributed by atoms with E-state index in [2.05, 4.69) is 18.3 Å². The number of carbonyl (C=O) groups excluding carboxylic acids is 1. The fourth-order valence-corrected chi connectivity index (χ4v) is 5.20. The number of fused-ring (bicyclic) bond motifs is 2. The van der Waals surface area contributed by atoms with Crippen LogP contribution in [0.1, 0.15) is 43.7 Å². The number of carbonyl (C=O) groups is 1. The molecule has 156 valence electrons. The number of nitrogens with one attached hydrogen (secondary N) is 1. The van der Waals surface area contributed by atoms with Gasteiger partial charge in [-0.1, -0.05) is 12.1 Å². The Morgan fingerprint density at radius 2 is 1.97 bits per heavy atom. The summed E-state index contributed by atoms with van der Waals surface area (Å²) in [5.74, 6) is 0.917. The van der Waals surface area contributed by atoms with Crippen LogP contribution in [0.5, 0.6) is 11.5 Å². The second-order valence-corrected chi connectivity index (χ2v) is 9.20. The molecule has 0 saturated heterocycles. The van der Waals surface area contributed by atoms with Gasteiger partial charge in [0, 0.05) is 24.6 Å². The Labute approximate surface area is 179 Å². The van der Waals surface area contributed by atoms with Crippen LogP contribution >= 0.6 is 11.3 Å². The molecule has 2 aliphatic rings. The molecule has 30 heavy (non-hydrogen) atoms. The van der Waals surface area contributed by atoms with Gasteiger partial charge in [-0.25, -0.2) is 4.98 Å². The molecule has 3 aromatic rings. The number of thiazole rings is 1. The molecule has 7 heteroatoms. The van der Waals surface area contributed by atoms with Gasteiger partial charge in [-0.2, -0.15) is 0 Å². The Balaban J connectivity index is 1.22. The van der Waals surface area contributed by atoms with Crippen molar-refractivity contribution in [1.29, 1.82) is 0 Å². The fraction of sp³-hybridized carbons (Fsp3) is 0.391. The van der Waals surface area contributed by atoms with Crippen molar-refractivity contribution in [2.75, 3.05) is 18.9 Å². The lowest BCUT2D eigenvalue weighted by Crippen LogP contribution is -2.34. The number of hydrogen-bond acceptors (Lipinski definition) is 6. The van der Waals surface area contributed by atoms with Crippen LogP contribution < -0.4 is 14.8 Å². The summed E-state index contributed by atoms with van der Waals surface area (Å²) in [6.07, 6.45) is 4.07. The maximum atomic E-state index is 12.6. The van der Waals surface area contributed by atoms with Crippen LogP contribution in [0.4, 0.5) is 5.69 Å². The topological polar surface area (TPSA) is 63.7 Å². The third-order valence-electron chi connectivity index (χ3n) is 5.91. The molecule has 1 aliphatic heterocycles. The van der Waals surface area contributed by atoms with Crippen molar-refractivity contribution in [2.45, 2.75) is 44.4 Å². The highest BCUT2D eigenvalue weighted by Gasteiger charge is 2.44. The first-order valence-electron chi connectivity index (χ1n) is 10.4. The van der Waals surface area contributed by atoms with Gasteiger partial charge in [-0.05, 0) is 51.1 Å². The van der Waals surface area contributed by atoms with Gasteiger partial charge in [0.25, 0.3) is 5.79 Å². The summed E-state index contributed by atoms with van der Waals surface area (Å²) in [4.78, 5) is 19.4. The van der Waals surface area contributed by atoms with Crippen LogP contribution in [0, 0.1) is 0 Å². The molecule has 1 atom stereocenters. The zero-order valence-electron chi connectivity index (χ0n) is 17.2. The maximum Gasteiger partial charge on any atom is 0.251 e. The molecular weight excluding hydrogens is 398 g/mol. The van der Waals surface area contributed by atoms with E-state index in [4.69, 9.17) is 14.5 Å². The zero-order chi connectivity index (χ0) is 20.7. The quantitative estimate of drug-likeness (QED) is 0.628. The summed E-state index contributed by atoms with van der Waals surface area (Å²) in [5.41, 5.74) is 1.72. The summed E-state index contributed by atoms with van der Waals surface area (Å²) in [7, 11) is 1.94. The summed E-state index contributed by atoms with van der Waals surface area (Å²) in [6.45, 7) is 2.35. The minimum absolute atomic E-state index is 0.0483. The molecule has 0 radical (unpaired) electrons. The Kier molecular flexibility index (Phi) is 4.87. The molecular formula is C23H25N3O3S. The van der Waals surface area contributed by atoms with E-state index >= 15 is 0 Å². The van der Waals surface area contributed by atoms with Crippen molar-refractivity contribution in [1.82, 2.24) is 9.88 Å². The minimum atomic E-state index is -0.488. The number of likely N-dealkylation sites (N-methyl/N-ethyl adjacent to an activating group) is 1. The highest BCUT2D eigenvalue weighted by atomic mass is 32.1. The number of aromatic nitrogens is 1. The number of benzene rings is 2.